The third-order valence-electron chi connectivity index (χ3n) is 7.36. The average molecular weight is 436 g/mol. The van der Waals surface area contributed by atoms with E-state index < -0.39 is 0 Å². The monoisotopic (exact) mass is 435 g/mol. The highest BCUT2D eigenvalue weighted by Gasteiger charge is 2.34. The molecular weight excluding hydrogens is 398 g/mol. The number of methoxy groups -OCH3 is 1. The molecule has 5 rings (SSSR count). The predicted molar refractivity (Wildman–Crippen MR) is 129 cm³/mol. The molecule has 2 heterocycles. The third kappa shape index (κ3) is 4.94. The fourth-order valence-electron chi connectivity index (χ4n) is 5.18. The summed E-state index contributed by atoms with van der Waals surface area (Å²) in [7, 11) is 4.05. The molecule has 172 valence electrons. The van der Waals surface area contributed by atoms with E-state index in [1.54, 1.807) is 7.11 Å². The smallest absolute Gasteiger partial charge is 0.129 e. The van der Waals surface area contributed by atoms with Gasteiger partial charge in [0.15, 0.2) is 0 Å². The van der Waals surface area contributed by atoms with Crippen LogP contribution in [0.5, 0.6) is 5.75 Å². The van der Waals surface area contributed by atoms with Crippen molar-refractivity contribution in [2.24, 2.45) is 0 Å². The second kappa shape index (κ2) is 9.80. The zero-order valence-electron chi connectivity index (χ0n) is 19.6. The largest absolute Gasteiger partial charge is 0.496 e. The zero-order chi connectivity index (χ0) is 21.9. The topological polar surface area (TPSA) is 46.6 Å². The first-order valence-corrected chi connectivity index (χ1v) is 12.4. The highest BCUT2D eigenvalue weighted by molar-refractivity contribution is 5.47. The number of anilines is 1. The lowest BCUT2D eigenvalue weighted by Gasteiger charge is -2.41. The molecule has 0 radical (unpaired) electrons. The van der Waals surface area contributed by atoms with E-state index >= 15 is 0 Å². The van der Waals surface area contributed by atoms with Crippen LogP contribution >= 0.6 is 0 Å². The van der Waals surface area contributed by atoms with Gasteiger partial charge in [-0.15, -0.1) is 0 Å². The Morgan fingerprint density at radius 3 is 2.84 bits per heavy atom. The van der Waals surface area contributed by atoms with Crippen LogP contribution in [0.3, 0.4) is 0 Å². The number of nitrogens with one attached hydrogen (secondary N) is 1. The lowest BCUT2D eigenvalue weighted by atomic mass is 9.87. The van der Waals surface area contributed by atoms with Crippen LogP contribution < -0.4 is 10.1 Å². The van der Waals surface area contributed by atoms with E-state index in [0.717, 1.165) is 63.4 Å². The molecule has 2 saturated carbocycles. The molecule has 1 N–H and O–H groups in total. The minimum Gasteiger partial charge on any atom is -0.496 e. The summed E-state index contributed by atoms with van der Waals surface area (Å²) in [4.78, 5) is 7.30. The molecule has 5 nitrogen and oxygen atoms in total. The minimum atomic E-state index is 0.411. The van der Waals surface area contributed by atoms with E-state index in [9.17, 15) is 0 Å². The normalized spacial score (nSPS) is 22.2. The lowest BCUT2D eigenvalue weighted by molar-refractivity contribution is -0.0475. The van der Waals surface area contributed by atoms with Crippen LogP contribution in [0.4, 0.5) is 5.82 Å². The first kappa shape index (κ1) is 21.7. The van der Waals surface area contributed by atoms with Gasteiger partial charge < -0.3 is 14.8 Å². The van der Waals surface area contributed by atoms with Crippen LogP contribution in [0.1, 0.15) is 66.8 Å². The summed E-state index contributed by atoms with van der Waals surface area (Å²) in [5, 5.41) is 3.43. The predicted octanol–water partition coefficient (Wildman–Crippen LogP) is 4.94. The number of hydrogen-bond donors (Lipinski definition) is 1. The Morgan fingerprint density at radius 2 is 2.03 bits per heavy atom. The number of aromatic nitrogens is 1. The van der Waals surface area contributed by atoms with E-state index in [4.69, 9.17) is 14.5 Å². The van der Waals surface area contributed by atoms with Crippen molar-refractivity contribution >= 4 is 5.82 Å². The van der Waals surface area contributed by atoms with Crippen LogP contribution in [0.2, 0.25) is 0 Å². The van der Waals surface area contributed by atoms with Crippen LogP contribution in [-0.2, 0) is 24.1 Å². The van der Waals surface area contributed by atoms with Gasteiger partial charge in [0.25, 0.3) is 0 Å². The molecule has 1 aliphatic heterocycles. The number of benzene rings is 1. The second-order valence-electron chi connectivity index (χ2n) is 9.78. The third-order valence-corrected chi connectivity index (χ3v) is 7.36. The summed E-state index contributed by atoms with van der Waals surface area (Å²) in [6.45, 7) is 2.87. The Bertz CT molecular complexity index is 921. The minimum absolute atomic E-state index is 0.411. The van der Waals surface area contributed by atoms with Gasteiger partial charge in [0, 0.05) is 37.0 Å². The Labute approximate surface area is 192 Å². The SMILES string of the molecule is COc1cccc(CN(C)C2CC(OCCCc3ccc4c(n3)NCCC4)C2)c1C1CC1. The molecule has 0 spiro atoms. The summed E-state index contributed by atoms with van der Waals surface area (Å²) < 4.78 is 11.8. The number of nitrogens with zero attached hydrogens (tertiary/aromatic N) is 2. The number of ether oxygens (including phenoxy) is 2. The molecule has 1 aromatic heterocycles. The fourth-order valence-corrected chi connectivity index (χ4v) is 5.18. The molecule has 0 saturated heterocycles. The molecule has 5 heteroatoms. The summed E-state index contributed by atoms with van der Waals surface area (Å²) in [5.41, 5.74) is 5.42. The van der Waals surface area contributed by atoms with E-state index in [-0.39, 0.29) is 0 Å². The molecule has 2 fully saturated rings. The maximum atomic E-state index is 6.16. The number of pyridine rings is 1. The van der Waals surface area contributed by atoms with Crippen molar-refractivity contribution < 1.29 is 9.47 Å². The number of hydrogen-bond acceptors (Lipinski definition) is 5. The van der Waals surface area contributed by atoms with Gasteiger partial charge in [-0.3, -0.25) is 4.90 Å². The highest BCUT2D eigenvalue weighted by Crippen LogP contribution is 2.46. The highest BCUT2D eigenvalue weighted by atomic mass is 16.5. The van der Waals surface area contributed by atoms with Crippen LogP contribution in [-0.4, -0.2) is 49.3 Å². The van der Waals surface area contributed by atoms with Crippen molar-refractivity contribution in [1.82, 2.24) is 9.88 Å². The van der Waals surface area contributed by atoms with Crippen molar-refractivity contribution in [2.45, 2.75) is 76.0 Å². The second-order valence-corrected chi connectivity index (χ2v) is 9.78. The van der Waals surface area contributed by atoms with Gasteiger partial charge >= 0.3 is 0 Å². The lowest BCUT2D eigenvalue weighted by Crippen LogP contribution is -2.46. The average Bonchev–Trinajstić information content (AvgIpc) is 3.62. The van der Waals surface area contributed by atoms with Crippen molar-refractivity contribution in [1.29, 1.82) is 0 Å². The molecule has 2 aliphatic carbocycles. The Kier molecular flexibility index (Phi) is 6.65. The molecule has 32 heavy (non-hydrogen) atoms. The van der Waals surface area contributed by atoms with E-state index in [0.29, 0.717) is 18.1 Å². The summed E-state index contributed by atoms with van der Waals surface area (Å²) in [6.07, 6.45) is 9.68. The molecule has 3 aliphatic rings. The standard InChI is InChI=1S/C27H37N3O2/c1-30(18-21-6-3-9-25(31-2)26(21)19-10-11-19)23-16-24(17-23)32-15-5-8-22-13-12-20-7-4-14-28-27(20)29-22/h3,6,9,12-13,19,23-24H,4-5,7-8,10-11,14-18H2,1-2H3,(H,28,29). The molecule has 1 aromatic carbocycles. The van der Waals surface area contributed by atoms with Gasteiger partial charge in [0.2, 0.25) is 0 Å². The van der Waals surface area contributed by atoms with E-state index in [1.807, 2.05) is 0 Å². The van der Waals surface area contributed by atoms with Crippen molar-refractivity contribution in [3.8, 4) is 5.75 Å². The van der Waals surface area contributed by atoms with Crippen LogP contribution in [0, 0.1) is 0 Å². The number of aryl methyl sites for hydroxylation is 2. The Hall–Kier alpha value is -2.11. The Balaban J connectivity index is 1.04. The number of rotatable bonds is 10. The quantitative estimate of drug-likeness (QED) is 0.536. The van der Waals surface area contributed by atoms with Gasteiger partial charge in [-0.1, -0.05) is 18.2 Å². The maximum absolute atomic E-state index is 6.16. The molecule has 0 unspecified atom stereocenters. The summed E-state index contributed by atoms with van der Waals surface area (Å²) in [6, 6.07) is 11.6. The van der Waals surface area contributed by atoms with Crippen molar-refractivity contribution in [2.75, 3.05) is 32.6 Å². The molecular formula is C27H37N3O2. The van der Waals surface area contributed by atoms with Crippen molar-refractivity contribution in [3.63, 3.8) is 0 Å². The van der Waals surface area contributed by atoms with E-state index in [1.165, 1.54) is 41.6 Å². The summed E-state index contributed by atoms with van der Waals surface area (Å²) >= 11 is 0. The fraction of sp³-hybridized carbons (Fsp3) is 0.593. The molecule has 2 aromatic rings. The van der Waals surface area contributed by atoms with Gasteiger partial charge in [0.05, 0.1) is 13.2 Å². The summed E-state index contributed by atoms with van der Waals surface area (Å²) in [5.74, 6) is 2.87. The van der Waals surface area contributed by atoms with E-state index in [2.05, 4.69) is 47.6 Å². The molecule has 0 atom stereocenters. The number of fused-ring (bicyclic) bond motifs is 1. The van der Waals surface area contributed by atoms with Crippen molar-refractivity contribution in [3.05, 3.63) is 52.7 Å². The van der Waals surface area contributed by atoms with Gasteiger partial charge in [-0.05, 0) is 87.6 Å². The maximum Gasteiger partial charge on any atom is 0.129 e. The van der Waals surface area contributed by atoms with Crippen LogP contribution in [0.15, 0.2) is 30.3 Å². The van der Waals surface area contributed by atoms with Gasteiger partial charge in [-0.2, -0.15) is 0 Å². The zero-order valence-corrected chi connectivity index (χ0v) is 19.6. The van der Waals surface area contributed by atoms with Gasteiger partial charge in [-0.25, -0.2) is 4.98 Å². The van der Waals surface area contributed by atoms with Crippen LogP contribution in [0.25, 0.3) is 0 Å². The molecule has 0 bridgehead atoms. The molecule has 0 amide bonds. The first-order chi connectivity index (χ1) is 15.7. The Morgan fingerprint density at radius 1 is 1.16 bits per heavy atom. The first-order valence-electron chi connectivity index (χ1n) is 12.4. The van der Waals surface area contributed by atoms with Gasteiger partial charge in [0.1, 0.15) is 11.6 Å².